The second-order valence-electron chi connectivity index (χ2n) is 5.54. The van der Waals surface area contributed by atoms with Crippen molar-refractivity contribution < 1.29 is 9.59 Å². The molecule has 0 spiro atoms. The number of ketones is 1. The highest BCUT2D eigenvalue weighted by molar-refractivity contribution is 5.94. The quantitative estimate of drug-likeness (QED) is 0.669. The van der Waals surface area contributed by atoms with Crippen LogP contribution in [-0.4, -0.2) is 18.4 Å². The van der Waals surface area contributed by atoms with Crippen molar-refractivity contribution in [2.45, 2.75) is 20.8 Å². The van der Waals surface area contributed by atoms with Gasteiger partial charge in [-0.25, -0.2) is 4.79 Å². The molecule has 2 N–H and O–H groups in total. The van der Waals surface area contributed by atoms with Crippen molar-refractivity contribution in [2.24, 2.45) is 0 Å². The van der Waals surface area contributed by atoms with Gasteiger partial charge in [-0.05, 0) is 56.2 Å². The smallest absolute Gasteiger partial charge is 0.319 e. The third kappa shape index (κ3) is 4.99. The number of carbonyl (C=O) groups is 2. The first-order chi connectivity index (χ1) is 11.5. The molecule has 0 unspecified atom stereocenters. The lowest BCUT2D eigenvalue weighted by atomic mass is 10.1. The normalized spacial score (nSPS) is 9.62. The van der Waals surface area contributed by atoms with E-state index in [9.17, 15) is 9.59 Å². The number of benzene rings is 2. The summed E-state index contributed by atoms with van der Waals surface area (Å²) in [5.74, 6) is 5.85. The minimum Gasteiger partial charge on any atom is -0.327 e. The van der Waals surface area contributed by atoms with Gasteiger partial charge in [0.15, 0.2) is 5.78 Å². The zero-order valence-corrected chi connectivity index (χ0v) is 14.1. The van der Waals surface area contributed by atoms with Crippen LogP contribution in [-0.2, 0) is 0 Å². The van der Waals surface area contributed by atoms with E-state index in [1.807, 2.05) is 32.0 Å². The molecule has 4 heteroatoms. The zero-order valence-electron chi connectivity index (χ0n) is 14.1. The van der Waals surface area contributed by atoms with Gasteiger partial charge in [-0.2, -0.15) is 0 Å². The Hall–Kier alpha value is -3.06. The van der Waals surface area contributed by atoms with Crippen LogP contribution < -0.4 is 10.6 Å². The predicted molar refractivity (Wildman–Crippen MR) is 96.3 cm³/mol. The fraction of sp³-hybridized carbons (Fsp3) is 0.200. The van der Waals surface area contributed by atoms with Crippen LogP contribution in [0.4, 0.5) is 10.5 Å². The van der Waals surface area contributed by atoms with Gasteiger partial charge in [-0.3, -0.25) is 4.79 Å². The molecule has 0 bridgehead atoms. The van der Waals surface area contributed by atoms with Crippen LogP contribution in [0.25, 0.3) is 0 Å². The number of urea groups is 1. The van der Waals surface area contributed by atoms with Crippen molar-refractivity contribution in [1.29, 1.82) is 0 Å². The molecular formula is C20H20N2O2. The summed E-state index contributed by atoms with van der Waals surface area (Å²) in [7, 11) is 0. The number of anilines is 1. The fourth-order valence-electron chi connectivity index (χ4n) is 2.05. The van der Waals surface area contributed by atoms with Crippen molar-refractivity contribution in [3.8, 4) is 11.8 Å². The summed E-state index contributed by atoms with van der Waals surface area (Å²) >= 11 is 0. The summed E-state index contributed by atoms with van der Waals surface area (Å²) in [4.78, 5) is 23.0. The first-order valence-electron chi connectivity index (χ1n) is 7.67. The van der Waals surface area contributed by atoms with E-state index in [-0.39, 0.29) is 18.4 Å². The lowest BCUT2D eigenvalue weighted by Gasteiger charge is -2.07. The summed E-state index contributed by atoms with van der Waals surface area (Å²) < 4.78 is 0. The number of aryl methyl sites for hydroxylation is 2. The molecule has 0 atom stereocenters. The summed E-state index contributed by atoms with van der Waals surface area (Å²) in [5, 5.41) is 5.46. The topological polar surface area (TPSA) is 58.2 Å². The molecule has 0 fully saturated rings. The monoisotopic (exact) mass is 320 g/mol. The number of hydrogen-bond acceptors (Lipinski definition) is 2. The number of Topliss-reactive ketones (excluding diaryl/α,β-unsaturated/α-hetero) is 1. The Labute approximate surface area is 142 Å². The van der Waals surface area contributed by atoms with E-state index in [0.29, 0.717) is 5.56 Å². The first kappa shape index (κ1) is 17.3. The molecule has 0 heterocycles. The van der Waals surface area contributed by atoms with Gasteiger partial charge < -0.3 is 10.6 Å². The summed E-state index contributed by atoms with van der Waals surface area (Å²) in [5.41, 5.74) is 4.52. The summed E-state index contributed by atoms with van der Waals surface area (Å²) in [6.07, 6.45) is 0. The maximum Gasteiger partial charge on any atom is 0.319 e. The molecule has 2 aromatic rings. The van der Waals surface area contributed by atoms with Crippen LogP contribution in [0, 0.1) is 25.7 Å². The van der Waals surface area contributed by atoms with Crippen LogP contribution in [0.1, 0.15) is 34.0 Å². The molecule has 0 saturated heterocycles. The second kappa shape index (κ2) is 7.98. The largest absolute Gasteiger partial charge is 0.327 e. The minimum absolute atomic E-state index is 0.0270. The molecule has 24 heavy (non-hydrogen) atoms. The molecule has 4 nitrogen and oxygen atoms in total. The lowest BCUT2D eigenvalue weighted by Crippen LogP contribution is -2.28. The highest BCUT2D eigenvalue weighted by Gasteiger charge is 2.01. The third-order valence-corrected chi connectivity index (χ3v) is 3.63. The number of rotatable bonds is 3. The van der Waals surface area contributed by atoms with Crippen LogP contribution in [0.3, 0.4) is 0 Å². The van der Waals surface area contributed by atoms with E-state index >= 15 is 0 Å². The Morgan fingerprint density at radius 3 is 2.33 bits per heavy atom. The van der Waals surface area contributed by atoms with Crippen molar-refractivity contribution >= 4 is 17.5 Å². The van der Waals surface area contributed by atoms with Gasteiger partial charge in [0.2, 0.25) is 0 Å². The maximum absolute atomic E-state index is 11.8. The second-order valence-corrected chi connectivity index (χ2v) is 5.54. The van der Waals surface area contributed by atoms with Crippen molar-refractivity contribution in [3.05, 3.63) is 64.7 Å². The van der Waals surface area contributed by atoms with Crippen LogP contribution >= 0.6 is 0 Å². The van der Waals surface area contributed by atoms with Crippen LogP contribution in [0.2, 0.25) is 0 Å². The van der Waals surface area contributed by atoms with Crippen molar-refractivity contribution in [1.82, 2.24) is 5.32 Å². The van der Waals surface area contributed by atoms with Crippen LogP contribution in [0.15, 0.2) is 42.5 Å². The molecule has 0 aliphatic rings. The van der Waals surface area contributed by atoms with Crippen LogP contribution in [0.5, 0.6) is 0 Å². The van der Waals surface area contributed by atoms with Gasteiger partial charge in [0, 0.05) is 16.8 Å². The number of hydrogen-bond donors (Lipinski definition) is 2. The fourth-order valence-corrected chi connectivity index (χ4v) is 2.05. The summed E-state index contributed by atoms with van der Waals surface area (Å²) in [6, 6.07) is 12.5. The molecular weight excluding hydrogens is 300 g/mol. The van der Waals surface area contributed by atoms with E-state index in [1.54, 1.807) is 24.3 Å². The number of nitrogens with one attached hydrogen (secondary N) is 2. The van der Waals surface area contributed by atoms with Gasteiger partial charge >= 0.3 is 6.03 Å². The molecule has 0 radical (unpaired) electrons. The Morgan fingerprint density at radius 2 is 1.71 bits per heavy atom. The third-order valence-electron chi connectivity index (χ3n) is 3.63. The summed E-state index contributed by atoms with van der Waals surface area (Å²) in [6.45, 7) is 5.79. The van der Waals surface area contributed by atoms with E-state index < -0.39 is 0 Å². The molecule has 2 aromatic carbocycles. The first-order valence-corrected chi connectivity index (χ1v) is 7.67. The Morgan fingerprint density at radius 1 is 1.00 bits per heavy atom. The molecule has 0 saturated carbocycles. The van der Waals surface area contributed by atoms with Crippen molar-refractivity contribution in [2.75, 3.05) is 11.9 Å². The predicted octanol–water partition coefficient (Wildman–Crippen LogP) is 3.68. The Kier molecular flexibility index (Phi) is 5.75. The van der Waals surface area contributed by atoms with E-state index in [2.05, 4.69) is 22.5 Å². The minimum atomic E-state index is -0.292. The molecule has 0 aliphatic heterocycles. The molecule has 0 aromatic heterocycles. The Bertz CT molecular complexity index is 812. The van der Waals surface area contributed by atoms with E-state index in [0.717, 1.165) is 16.8 Å². The van der Waals surface area contributed by atoms with Gasteiger partial charge in [-0.1, -0.05) is 30.0 Å². The highest BCUT2D eigenvalue weighted by Crippen LogP contribution is 2.13. The highest BCUT2D eigenvalue weighted by atomic mass is 16.2. The van der Waals surface area contributed by atoms with Gasteiger partial charge in [-0.15, -0.1) is 0 Å². The molecule has 0 aliphatic carbocycles. The van der Waals surface area contributed by atoms with Gasteiger partial charge in [0.25, 0.3) is 0 Å². The average molecular weight is 320 g/mol. The molecule has 122 valence electrons. The Balaban J connectivity index is 1.84. The van der Waals surface area contributed by atoms with Gasteiger partial charge in [0.05, 0.1) is 6.54 Å². The number of carbonyl (C=O) groups excluding carboxylic acids is 2. The van der Waals surface area contributed by atoms with Gasteiger partial charge in [0.1, 0.15) is 0 Å². The SMILES string of the molecule is CC(=O)c1ccc(C#CCNC(=O)Nc2ccc(C)c(C)c2)cc1. The number of amides is 2. The lowest BCUT2D eigenvalue weighted by molar-refractivity contribution is 0.101. The standard InChI is InChI=1S/C20H20N2O2/c1-14-6-11-19(13-15(14)2)22-20(24)21-12-4-5-17-7-9-18(10-8-17)16(3)23/h6-11,13H,12H2,1-3H3,(H2,21,22,24). The zero-order chi connectivity index (χ0) is 17.5. The molecule has 2 rings (SSSR count). The molecule has 2 amide bonds. The van der Waals surface area contributed by atoms with E-state index in [4.69, 9.17) is 0 Å². The van der Waals surface area contributed by atoms with E-state index in [1.165, 1.54) is 12.5 Å². The van der Waals surface area contributed by atoms with Crippen molar-refractivity contribution in [3.63, 3.8) is 0 Å². The average Bonchev–Trinajstić information content (AvgIpc) is 2.55. The maximum atomic E-state index is 11.8.